The maximum Gasteiger partial charge on any atom is 0.327 e. The van der Waals surface area contributed by atoms with Crippen LogP contribution in [-0.4, -0.2) is 122 Å². The molecule has 0 aromatic carbocycles. The van der Waals surface area contributed by atoms with Gasteiger partial charge in [0.1, 0.15) is 36.3 Å². The molecule has 21 heteroatoms. The highest BCUT2D eigenvalue weighted by Crippen LogP contribution is 2.27. The van der Waals surface area contributed by atoms with Crippen LogP contribution in [0.4, 0.5) is 0 Å². The summed E-state index contributed by atoms with van der Waals surface area (Å²) in [5.74, 6) is -12.1. The van der Waals surface area contributed by atoms with Crippen LogP contribution in [-0.2, 0) is 47.9 Å². The van der Waals surface area contributed by atoms with Crippen LogP contribution in [0.1, 0.15) is 91.4 Å². The number of carboxylic acid groups (broad SMARTS) is 4. The molecule has 10 N–H and O–H groups in total. The fourth-order valence-electron chi connectivity index (χ4n) is 5.79. The quantitative estimate of drug-likeness (QED) is 0.0510. The molecule has 0 saturated heterocycles. The number of hydrogen-bond acceptors (Lipinski definition) is 11. The predicted octanol–water partition coefficient (Wildman–Crippen LogP) is -1.24. The van der Waals surface area contributed by atoms with Gasteiger partial charge >= 0.3 is 23.9 Å². The number of thiol groups is 1. The first-order valence-corrected chi connectivity index (χ1v) is 18.2. The molecule has 0 aromatic rings. The van der Waals surface area contributed by atoms with Crippen LogP contribution in [0, 0.1) is 11.8 Å². The summed E-state index contributed by atoms with van der Waals surface area (Å²) in [5, 5.41) is 51.4. The molecule has 0 radical (unpaired) electrons. The second-order valence-corrected chi connectivity index (χ2v) is 13.9. The van der Waals surface area contributed by atoms with Crippen molar-refractivity contribution in [3.63, 3.8) is 0 Å². The van der Waals surface area contributed by atoms with Crippen LogP contribution in [0.2, 0.25) is 0 Å². The summed E-state index contributed by atoms with van der Waals surface area (Å²) >= 11 is 3.96. The Morgan fingerprint density at radius 2 is 1.02 bits per heavy atom. The van der Waals surface area contributed by atoms with E-state index in [1.54, 1.807) is 13.8 Å². The number of carbonyl (C=O) groups excluding carboxylic acids is 6. The molecule has 0 spiro atoms. The van der Waals surface area contributed by atoms with Gasteiger partial charge in [0.05, 0.1) is 6.42 Å². The van der Waals surface area contributed by atoms with Crippen molar-refractivity contribution < 1.29 is 68.4 Å². The van der Waals surface area contributed by atoms with Crippen LogP contribution >= 0.6 is 12.6 Å². The maximum atomic E-state index is 13.7. The van der Waals surface area contributed by atoms with E-state index in [2.05, 4.69) is 44.5 Å². The van der Waals surface area contributed by atoms with E-state index < -0.39 is 134 Å². The van der Waals surface area contributed by atoms with E-state index in [4.69, 9.17) is 0 Å². The Hall–Kier alpha value is -4.95. The molecule has 6 amide bonds. The fourth-order valence-corrected chi connectivity index (χ4v) is 6.04. The third-order valence-corrected chi connectivity index (χ3v) is 8.84. The zero-order chi connectivity index (χ0) is 41.1. The highest BCUT2D eigenvalue weighted by atomic mass is 32.1. The normalized spacial score (nSPS) is 16.2. The first-order valence-electron chi connectivity index (χ1n) is 17.5. The van der Waals surface area contributed by atoms with E-state index in [0.717, 1.165) is 26.2 Å². The second kappa shape index (κ2) is 23.7. The molecular weight excluding hydrogens is 736 g/mol. The van der Waals surface area contributed by atoms with Crippen molar-refractivity contribution in [3.05, 3.63) is 0 Å². The summed E-state index contributed by atoms with van der Waals surface area (Å²) in [7, 11) is 0. The number of hydrogen-bond donors (Lipinski definition) is 11. The minimum Gasteiger partial charge on any atom is -0.481 e. The molecule has 0 bridgehead atoms. The van der Waals surface area contributed by atoms with Gasteiger partial charge in [0.25, 0.3) is 0 Å². The number of aliphatic carboxylic acids is 4. The molecule has 304 valence electrons. The van der Waals surface area contributed by atoms with Crippen molar-refractivity contribution in [2.45, 2.75) is 128 Å². The van der Waals surface area contributed by atoms with Crippen LogP contribution in [0.25, 0.3) is 0 Å². The second-order valence-electron chi connectivity index (χ2n) is 13.5. The van der Waals surface area contributed by atoms with Gasteiger partial charge in [-0.1, -0.05) is 33.1 Å². The summed E-state index contributed by atoms with van der Waals surface area (Å²) in [6.45, 7) is 4.41. The zero-order valence-corrected chi connectivity index (χ0v) is 31.3. The largest absolute Gasteiger partial charge is 0.481 e. The van der Waals surface area contributed by atoms with Gasteiger partial charge in [0.2, 0.25) is 35.4 Å². The van der Waals surface area contributed by atoms with Crippen molar-refractivity contribution >= 4 is 71.9 Å². The zero-order valence-electron chi connectivity index (χ0n) is 30.4. The molecule has 1 saturated carbocycles. The molecule has 1 aliphatic rings. The molecule has 0 unspecified atom stereocenters. The van der Waals surface area contributed by atoms with E-state index in [1.807, 2.05) is 0 Å². The van der Waals surface area contributed by atoms with Crippen molar-refractivity contribution in [2.75, 3.05) is 5.75 Å². The van der Waals surface area contributed by atoms with Gasteiger partial charge in [-0.2, -0.15) is 12.6 Å². The predicted molar refractivity (Wildman–Crippen MR) is 191 cm³/mol. The Balaban J connectivity index is 3.38. The Morgan fingerprint density at radius 1 is 0.574 bits per heavy atom. The Morgan fingerprint density at radius 3 is 1.44 bits per heavy atom. The molecule has 6 atom stereocenters. The molecule has 0 heterocycles. The third-order valence-electron chi connectivity index (χ3n) is 8.47. The molecule has 1 fully saturated rings. The monoisotopic (exact) mass is 788 g/mol. The fraction of sp³-hybridized carbons (Fsp3) is 0.697. The lowest BCUT2D eigenvalue weighted by atomic mass is 9.83. The summed E-state index contributed by atoms with van der Waals surface area (Å²) in [6, 6.07) is -8.86. The van der Waals surface area contributed by atoms with E-state index in [1.165, 1.54) is 0 Å². The first-order chi connectivity index (χ1) is 25.2. The van der Waals surface area contributed by atoms with Gasteiger partial charge in [-0.15, -0.1) is 0 Å². The number of amides is 6. The van der Waals surface area contributed by atoms with Crippen molar-refractivity contribution in [1.82, 2.24) is 31.9 Å². The smallest absolute Gasteiger partial charge is 0.327 e. The minimum absolute atomic E-state index is 0.0641. The van der Waals surface area contributed by atoms with Crippen LogP contribution < -0.4 is 31.9 Å². The summed E-state index contributed by atoms with van der Waals surface area (Å²) in [5.41, 5.74) is 0. The van der Waals surface area contributed by atoms with E-state index >= 15 is 0 Å². The van der Waals surface area contributed by atoms with Crippen molar-refractivity contribution in [2.24, 2.45) is 11.8 Å². The SMILES string of the molecule is CC(=O)N[C@@H](CC(=O)O)C(=O)N[C@@H](CCC(=O)O)C(=O)N[C@@H](CC(C)C)C(=O)N[C@@H](CCC(=O)O)C(=O)N[C@H](C(=O)N[C@@H](CS)C(=O)O)C1CCCCC1. The molecular formula is C33H52N6O14S. The average molecular weight is 789 g/mol. The van der Waals surface area contributed by atoms with Crippen molar-refractivity contribution in [1.29, 1.82) is 0 Å². The highest BCUT2D eigenvalue weighted by molar-refractivity contribution is 7.80. The number of rotatable bonds is 24. The topological polar surface area (TPSA) is 324 Å². The number of carboxylic acids is 4. The minimum atomic E-state index is -1.63. The van der Waals surface area contributed by atoms with Gasteiger partial charge in [-0.25, -0.2) is 4.79 Å². The lowest BCUT2D eigenvalue weighted by Gasteiger charge is -2.32. The summed E-state index contributed by atoms with van der Waals surface area (Å²) in [4.78, 5) is 124. The van der Waals surface area contributed by atoms with Gasteiger partial charge in [0.15, 0.2) is 0 Å². The lowest BCUT2D eigenvalue weighted by molar-refractivity contribution is -0.142. The first kappa shape index (κ1) is 47.1. The number of carbonyl (C=O) groups is 10. The summed E-state index contributed by atoms with van der Waals surface area (Å²) in [6.07, 6.45) is 0.258. The van der Waals surface area contributed by atoms with Crippen molar-refractivity contribution in [3.8, 4) is 0 Å². The van der Waals surface area contributed by atoms with E-state index in [9.17, 15) is 68.4 Å². The molecule has 0 aromatic heterocycles. The average Bonchev–Trinajstić information content (AvgIpc) is 3.07. The van der Waals surface area contributed by atoms with E-state index in [0.29, 0.717) is 12.8 Å². The van der Waals surface area contributed by atoms with Crippen LogP contribution in [0.15, 0.2) is 0 Å². The van der Waals surface area contributed by atoms with E-state index in [-0.39, 0.29) is 18.1 Å². The highest BCUT2D eigenvalue weighted by Gasteiger charge is 2.37. The van der Waals surface area contributed by atoms with Gasteiger partial charge < -0.3 is 52.3 Å². The lowest BCUT2D eigenvalue weighted by Crippen LogP contribution is -2.60. The maximum absolute atomic E-state index is 13.7. The Kier molecular flexibility index (Phi) is 20.6. The summed E-state index contributed by atoms with van der Waals surface area (Å²) < 4.78 is 0. The Bertz CT molecular complexity index is 1370. The van der Waals surface area contributed by atoms with Gasteiger partial charge in [0, 0.05) is 25.5 Å². The molecule has 20 nitrogen and oxygen atoms in total. The van der Waals surface area contributed by atoms with Crippen LogP contribution in [0.5, 0.6) is 0 Å². The molecule has 1 aliphatic carbocycles. The van der Waals surface area contributed by atoms with Gasteiger partial charge in [-0.05, 0) is 43.9 Å². The molecule has 54 heavy (non-hydrogen) atoms. The molecule has 0 aliphatic heterocycles. The van der Waals surface area contributed by atoms with Crippen LogP contribution in [0.3, 0.4) is 0 Å². The van der Waals surface area contributed by atoms with Gasteiger partial charge in [-0.3, -0.25) is 43.2 Å². The third kappa shape index (κ3) is 17.7. The molecule has 1 rings (SSSR count). The number of nitrogens with one attached hydrogen (secondary N) is 6. The Labute approximate surface area is 317 Å². The standard InChI is InChI=1S/C33H52N6O14S/c1-16(2)13-21(37-28(47)19(9-11-24(41)42)35-31(50)22(14-26(45)46)34-17(3)40)30(49)36-20(10-12-25(43)44)29(48)39-27(18-7-5-4-6-8-18)32(51)38-23(15-54)33(52)53/h16,18-23,27,54H,4-15H2,1-3H3,(H,34,40)(H,35,50)(H,36,49)(H,37,47)(H,38,51)(H,39,48)(H,41,42)(H,43,44)(H,45,46)(H,52,53)/t19-,20-,21-,22-,23-,27-/m0/s1.